The molecule has 0 spiro atoms. The molecule has 45 heavy (non-hydrogen) atoms. The molecule has 0 bridgehead atoms. The summed E-state index contributed by atoms with van der Waals surface area (Å²) in [6, 6.07) is 10.4. The van der Waals surface area contributed by atoms with Gasteiger partial charge in [-0.3, -0.25) is 4.79 Å². The predicted octanol–water partition coefficient (Wildman–Crippen LogP) is 10.5. The molecule has 2 rings (SSSR count). The lowest BCUT2D eigenvalue weighted by molar-refractivity contribution is -0.112. The van der Waals surface area contributed by atoms with E-state index in [0.717, 1.165) is 54.6 Å². The first-order valence-electron chi connectivity index (χ1n) is 15.2. The molecule has 0 aromatic heterocycles. The fourth-order valence-electron chi connectivity index (χ4n) is 4.36. The molecule has 2 aromatic rings. The number of alkyl halides is 3. The standard InChI is InChI=1S/C37H45F4N3O/c1-8-11-12-13-14-15-17-27(6)42-33(16-9-2)32-24-31(23-18-26(32)5)43-36(45)28(7)34(29-19-21-30(38)22-20-29)44-35(25(4)10-3)37(39,40)41/h13-24,42,44H,6,8-12H2,1-5,7H3,(H,43,45)/b14-13-,17-15-,33-16+,34-28+,35-25+. The van der Waals surface area contributed by atoms with Crippen LogP contribution >= 0.6 is 0 Å². The number of allylic oxidation sites excluding steroid dienone is 7. The second-order valence-corrected chi connectivity index (χ2v) is 10.7. The first-order chi connectivity index (χ1) is 21.3. The minimum atomic E-state index is -4.69. The molecule has 0 atom stereocenters. The normalized spacial score (nSPS) is 13.5. The van der Waals surface area contributed by atoms with Crippen molar-refractivity contribution >= 4 is 23.0 Å². The van der Waals surface area contributed by atoms with Crippen LogP contribution in [0, 0.1) is 12.7 Å². The number of hydrogen-bond donors (Lipinski definition) is 3. The smallest absolute Gasteiger partial charge is 0.356 e. The van der Waals surface area contributed by atoms with E-state index >= 15 is 0 Å². The van der Waals surface area contributed by atoms with E-state index in [4.69, 9.17) is 0 Å². The van der Waals surface area contributed by atoms with Crippen molar-refractivity contribution < 1.29 is 22.4 Å². The molecule has 0 heterocycles. The van der Waals surface area contributed by atoms with E-state index < -0.39 is 23.6 Å². The minimum absolute atomic E-state index is 0.00217. The van der Waals surface area contributed by atoms with Crippen molar-refractivity contribution in [3.8, 4) is 0 Å². The minimum Gasteiger partial charge on any atom is -0.356 e. The summed E-state index contributed by atoms with van der Waals surface area (Å²) in [7, 11) is 0. The Hall–Kier alpha value is -4.33. The molecule has 0 aliphatic heterocycles. The van der Waals surface area contributed by atoms with E-state index in [9.17, 15) is 22.4 Å². The first kappa shape index (κ1) is 36.9. The summed E-state index contributed by atoms with van der Waals surface area (Å²) in [5.74, 6) is -1.15. The van der Waals surface area contributed by atoms with Gasteiger partial charge in [0, 0.05) is 28.2 Å². The summed E-state index contributed by atoms with van der Waals surface area (Å²) in [5.41, 5.74) is 3.03. The third-order valence-electron chi connectivity index (χ3n) is 7.10. The number of amides is 1. The molecule has 242 valence electrons. The Balaban J connectivity index is 2.44. The first-order valence-corrected chi connectivity index (χ1v) is 15.2. The fourth-order valence-corrected chi connectivity index (χ4v) is 4.36. The number of carbonyl (C=O) groups is 1. The number of carbonyl (C=O) groups excluding carboxylic acids is 1. The average Bonchev–Trinajstić information content (AvgIpc) is 2.99. The summed E-state index contributed by atoms with van der Waals surface area (Å²) in [4.78, 5) is 13.5. The Morgan fingerprint density at radius 3 is 2.27 bits per heavy atom. The van der Waals surface area contributed by atoms with Gasteiger partial charge in [0.05, 0.1) is 5.70 Å². The van der Waals surface area contributed by atoms with Gasteiger partial charge in [0.25, 0.3) is 5.91 Å². The summed E-state index contributed by atoms with van der Waals surface area (Å²) >= 11 is 0. The largest absolute Gasteiger partial charge is 0.431 e. The van der Waals surface area contributed by atoms with E-state index in [-0.39, 0.29) is 28.8 Å². The molecule has 0 unspecified atom stereocenters. The van der Waals surface area contributed by atoms with Gasteiger partial charge in [-0.15, -0.1) is 0 Å². The van der Waals surface area contributed by atoms with Gasteiger partial charge in [0.1, 0.15) is 11.5 Å². The topological polar surface area (TPSA) is 53.2 Å². The maximum absolute atomic E-state index is 14.0. The Kier molecular flexibility index (Phi) is 14.6. The maximum atomic E-state index is 14.0. The van der Waals surface area contributed by atoms with E-state index in [1.54, 1.807) is 13.0 Å². The van der Waals surface area contributed by atoms with Gasteiger partial charge >= 0.3 is 6.18 Å². The summed E-state index contributed by atoms with van der Waals surface area (Å²) in [6.07, 6.45) is 9.46. The molecule has 8 heteroatoms. The molecule has 3 N–H and O–H groups in total. The monoisotopic (exact) mass is 623 g/mol. The van der Waals surface area contributed by atoms with Crippen molar-refractivity contribution in [1.29, 1.82) is 0 Å². The van der Waals surface area contributed by atoms with Crippen molar-refractivity contribution in [2.24, 2.45) is 0 Å². The molecular formula is C37H45F4N3O. The van der Waals surface area contributed by atoms with Crippen LogP contribution in [0.15, 0.2) is 102 Å². The molecule has 0 fully saturated rings. The summed E-state index contributed by atoms with van der Waals surface area (Å²) in [5, 5.41) is 8.64. The lowest BCUT2D eigenvalue weighted by atomic mass is 10.0. The number of aryl methyl sites for hydroxylation is 1. The van der Waals surface area contributed by atoms with Gasteiger partial charge in [-0.2, -0.15) is 13.2 Å². The third kappa shape index (κ3) is 11.6. The molecule has 0 saturated heterocycles. The van der Waals surface area contributed by atoms with Crippen molar-refractivity contribution in [3.05, 3.63) is 124 Å². The Morgan fingerprint density at radius 1 is 0.978 bits per heavy atom. The quantitative estimate of drug-likeness (QED) is 0.0801. The molecule has 1 amide bonds. The van der Waals surface area contributed by atoms with Gasteiger partial charge in [-0.05, 0) is 99.2 Å². The van der Waals surface area contributed by atoms with Crippen LogP contribution in [0.1, 0.15) is 83.4 Å². The predicted molar refractivity (Wildman–Crippen MR) is 179 cm³/mol. The molecule has 0 radical (unpaired) electrons. The van der Waals surface area contributed by atoms with Crippen molar-refractivity contribution in [2.75, 3.05) is 5.32 Å². The molecule has 0 aliphatic rings. The molecule has 4 nitrogen and oxygen atoms in total. The SMILES string of the molecule is C=C(/C=C\C=C/CCCC)N/C(=C/CC)c1cc(NC(=O)/C(C)=C(/N/C(=C(\C)CC)C(F)(F)F)c2ccc(F)cc2)ccc1C. The van der Waals surface area contributed by atoms with Crippen LogP contribution in [0.5, 0.6) is 0 Å². The van der Waals surface area contributed by atoms with E-state index in [1.165, 1.54) is 26.0 Å². The number of unbranched alkanes of at least 4 members (excludes halogenated alkanes) is 2. The van der Waals surface area contributed by atoms with Crippen molar-refractivity contribution in [1.82, 2.24) is 10.6 Å². The fraction of sp³-hybridized carbons (Fsp3) is 0.324. The Labute approximate surface area is 265 Å². The molecule has 0 aliphatic carbocycles. The molecule has 2 aromatic carbocycles. The second-order valence-electron chi connectivity index (χ2n) is 10.7. The zero-order valence-electron chi connectivity index (χ0n) is 27.1. The summed E-state index contributed by atoms with van der Waals surface area (Å²) < 4.78 is 55.8. The van der Waals surface area contributed by atoms with Gasteiger partial charge in [0.15, 0.2) is 0 Å². The zero-order valence-corrected chi connectivity index (χ0v) is 27.1. The van der Waals surface area contributed by atoms with Gasteiger partial charge in [0.2, 0.25) is 0 Å². The molecule has 0 saturated carbocycles. The Morgan fingerprint density at radius 2 is 1.67 bits per heavy atom. The lowest BCUT2D eigenvalue weighted by Gasteiger charge is -2.22. The number of nitrogens with one attached hydrogen (secondary N) is 3. The molecular weight excluding hydrogens is 578 g/mol. The van der Waals surface area contributed by atoms with Gasteiger partial charge in [-0.25, -0.2) is 4.39 Å². The highest BCUT2D eigenvalue weighted by molar-refractivity contribution is 6.08. The second kappa shape index (κ2) is 17.8. The highest BCUT2D eigenvalue weighted by Gasteiger charge is 2.36. The number of anilines is 1. The van der Waals surface area contributed by atoms with Crippen molar-refractivity contribution in [3.63, 3.8) is 0 Å². The number of hydrogen-bond acceptors (Lipinski definition) is 3. The lowest BCUT2D eigenvalue weighted by Crippen LogP contribution is -2.29. The third-order valence-corrected chi connectivity index (χ3v) is 7.10. The number of halogens is 4. The Bertz CT molecular complexity index is 1480. The van der Waals surface area contributed by atoms with Crippen LogP contribution in [0.2, 0.25) is 0 Å². The van der Waals surface area contributed by atoms with Crippen LogP contribution in [0.3, 0.4) is 0 Å². The van der Waals surface area contributed by atoms with E-state index in [0.29, 0.717) is 11.4 Å². The van der Waals surface area contributed by atoms with Crippen LogP contribution in [0.25, 0.3) is 11.4 Å². The highest BCUT2D eigenvalue weighted by atomic mass is 19.4. The number of benzene rings is 2. The van der Waals surface area contributed by atoms with Gasteiger partial charge < -0.3 is 16.0 Å². The highest BCUT2D eigenvalue weighted by Crippen LogP contribution is 2.31. The van der Waals surface area contributed by atoms with Crippen LogP contribution in [-0.2, 0) is 4.79 Å². The van der Waals surface area contributed by atoms with Crippen LogP contribution in [0.4, 0.5) is 23.2 Å². The van der Waals surface area contributed by atoms with E-state index in [1.807, 2.05) is 50.3 Å². The summed E-state index contributed by atoms with van der Waals surface area (Å²) in [6.45, 7) is 14.7. The van der Waals surface area contributed by atoms with Crippen molar-refractivity contribution in [2.45, 2.75) is 79.8 Å². The van der Waals surface area contributed by atoms with Gasteiger partial charge in [-0.1, -0.05) is 70.6 Å². The number of rotatable bonds is 15. The van der Waals surface area contributed by atoms with E-state index in [2.05, 4.69) is 35.5 Å². The maximum Gasteiger partial charge on any atom is 0.431 e. The average molecular weight is 624 g/mol. The zero-order chi connectivity index (χ0) is 33.6. The van der Waals surface area contributed by atoms with Crippen LogP contribution in [-0.4, -0.2) is 12.1 Å². The van der Waals surface area contributed by atoms with Crippen LogP contribution < -0.4 is 16.0 Å².